The number of para-hydroxylation sites is 1. The van der Waals surface area contributed by atoms with Crippen molar-refractivity contribution in [1.82, 2.24) is 24.5 Å². The Morgan fingerprint density at radius 1 is 0.969 bits per heavy atom. The van der Waals surface area contributed by atoms with Gasteiger partial charge in [0.1, 0.15) is 29.4 Å². The van der Waals surface area contributed by atoms with Crippen LogP contribution >= 0.6 is 0 Å². The van der Waals surface area contributed by atoms with Crippen LogP contribution in [0.4, 0.5) is 5.69 Å². The number of rotatable bonds is 5. The standard InChI is InChI=1S/C24H18N6O2/c1-16-26-22(30-13-12-25-15-30)14-23(27-16)32-19-9-7-18(8-10-19)28-24(31)21-11-6-17-4-2-3-5-20(17)29-21/h2-15H,1H3,(H,28,31). The van der Waals surface area contributed by atoms with E-state index in [0.717, 1.165) is 10.9 Å². The average molecular weight is 422 g/mol. The molecule has 0 atom stereocenters. The number of carbonyl (C=O) groups is 1. The highest BCUT2D eigenvalue weighted by Crippen LogP contribution is 2.23. The molecule has 0 fully saturated rings. The molecule has 2 aromatic carbocycles. The number of aryl methyl sites for hydroxylation is 1. The van der Waals surface area contributed by atoms with E-state index in [1.54, 1.807) is 66.6 Å². The fourth-order valence-electron chi connectivity index (χ4n) is 3.22. The van der Waals surface area contributed by atoms with Crippen LogP contribution in [0, 0.1) is 6.92 Å². The number of carbonyl (C=O) groups excluding carboxylic acids is 1. The van der Waals surface area contributed by atoms with Crippen molar-refractivity contribution in [2.75, 3.05) is 5.32 Å². The van der Waals surface area contributed by atoms with Crippen molar-refractivity contribution in [3.63, 3.8) is 0 Å². The normalized spacial score (nSPS) is 10.8. The van der Waals surface area contributed by atoms with E-state index < -0.39 is 0 Å². The molecule has 3 aromatic heterocycles. The smallest absolute Gasteiger partial charge is 0.274 e. The second-order valence-electron chi connectivity index (χ2n) is 7.05. The number of hydrogen-bond donors (Lipinski definition) is 1. The van der Waals surface area contributed by atoms with Gasteiger partial charge in [0.05, 0.1) is 5.52 Å². The third-order valence-electron chi connectivity index (χ3n) is 4.74. The van der Waals surface area contributed by atoms with Gasteiger partial charge in [0.2, 0.25) is 5.88 Å². The van der Waals surface area contributed by atoms with Crippen molar-refractivity contribution in [2.45, 2.75) is 6.92 Å². The highest BCUT2D eigenvalue weighted by atomic mass is 16.5. The molecule has 3 heterocycles. The van der Waals surface area contributed by atoms with E-state index in [9.17, 15) is 4.79 Å². The van der Waals surface area contributed by atoms with Crippen molar-refractivity contribution >= 4 is 22.5 Å². The second-order valence-corrected chi connectivity index (χ2v) is 7.05. The van der Waals surface area contributed by atoms with Gasteiger partial charge in [-0.2, -0.15) is 4.98 Å². The van der Waals surface area contributed by atoms with E-state index in [-0.39, 0.29) is 5.91 Å². The van der Waals surface area contributed by atoms with Crippen LogP contribution in [0.3, 0.4) is 0 Å². The Bertz CT molecular complexity index is 1400. The minimum atomic E-state index is -0.277. The van der Waals surface area contributed by atoms with Gasteiger partial charge < -0.3 is 10.1 Å². The molecule has 0 aliphatic heterocycles. The summed E-state index contributed by atoms with van der Waals surface area (Å²) in [4.78, 5) is 29.8. The first-order valence-electron chi connectivity index (χ1n) is 9.93. The monoisotopic (exact) mass is 422 g/mol. The summed E-state index contributed by atoms with van der Waals surface area (Å²) in [6, 6.07) is 20.1. The minimum Gasteiger partial charge on any atom is -0.439 e. The van der Waals surface area contributed by atoms with Crippen LogP contribution < -0.4 is 10.1 Å². The predicted octanol–water partition coefficient (Wildman–Crippen LogP) is 4.56. The first-order chi connectivity index (χ1) is 15.6. The van der Waals surface area contributed by atoms with Crippen molar-refractivity contribution < 1.29 is 9.53 Å². The van der Waals surface area contributed by atoms with Crippen LogP contribution in [0.25, 0.3) is 16.7 Å². The van der Waals surface area contributed by atoms with Gasteiger partial charge in [-0.15, -0.1) is 0 Å². The molecule has 8 heteroatoms. The zero-order chi connectivity index (χ0) is 21.9. The van der Waals surface area contributed by atoms with Gasteiger partial charge in [0.25, 0.3) is 5.91 Å². The third-order valence-corrected chi connectivity index (χ3v) is 4.74. The van der Waals surface area contributed by atoms with E-state index in [1.807, 2.05) is 30.3 Å². The number of fused-ring (bicyclic) bond motifs is 1. The van der Waals surface area contributed by atoms with Gasteiger partial charge in [-0.3, -0.25) is 9.36 Å². The van der Waals surface area contributed by atoms with Crippen molar-refractivity contribution in [3.8, 4) is 17.4 Å². The zero-order valence-corrected chi connectivity index (χ0v) is 17.1. The summed E-state index contributed by atoms with van der Waals surface area (Å²) in [5.41, 5.74) is 1.77. The highest BCUT2D eigenvalue weighted by Gasteiger charge is 2.10. The average Bonchev–Trinajstić information content (AvgIpc) is 3.35. The van der Waals surface area contributed by atoms with Crippen LogP contribution in [-0.4, -0.2) is 30.4 Å². The summed E-state index contributed by atoms with van der Waals surface area (Å²) in [6.07, 6.45) is 5.14. The quantitative estimate of drug-likeness (QED) is 0.446. The Hall–Kier alpha value is -4.59. The number of hydrogen-bond acceptors (Lipinski definition) is 6. The molecular weight excluding hydrogens is 404 g/mol. The number of nitrogens with one attached hydrogen (secondary N) is 1. The largest absolute Gasteiger partial charge is 0.439 e. The van der Waals surface area contributed by atoms with E-state index in [0.29, 0.717) is 34.7 Å². The fraction of sp³-hybridized carbons (Fsp3) is 0.0417. The summed E-state index contributed by atoms with van der Waals surface area (Å²) in [7, 11) is 0. The van der Waals surface area contributed by atoms with Crippen LogP contribution in [-0.2, 0) is 0 Å². The van der Waals surface area contributed by atoms with E-state index in [4.69, 9.17) is 4.74 Å². The SMILES string of the molecule is Cc1nc(Oc2ccc(NC(=O)c3ccc4ccccc4n3)cc2)cc(-n2ccnc2)n1. The molecule has 0 aliphatic rings. The third kappa shape index (κ3) is 4.15. The van der Waals surface area contributed by atoms with Gasteiger partial charge in [0.15, 0.2) is 0 Å². The van der Waals surface area contributed by atoms with Gasteiger partial charge in [-0.25, -0.2) is 15.0 Å². The van der Waals surface area contributed by atoms with Crippen LogP contribution in [0.15, 0.2) is 85.5 Å². The van der Waals surface area contributed by atoms with Gasteiger partial charge >= 0.3 is 0 Å². The number of nitrogens with zero attached hydrogens (tertiary/aromatic N) is 5. The topological polar surface area (TPSA) is 94.8 Å². The number of benzene rings is 2. The van der Waals surface area contributed by atoms with Gasteiger partial charge in [-0.05, 0) is 43.3 Å². The van der Waals surface area contributed by atoms with Crippen LogP contribution in [0.5, 0.6) is 11.6 Å². The molecule has 0 aliphatic carbocycles. The Kier molecular flexibility index (Phi) is 5.01. The molecule has 1 amide bonds. The van der Waals surface area contributed by atoms with E-state index in [2.05, 4.69) is 25.3 Å². The number of imidazole rings is 1. The number of pyridine rings is 1. The van der Waals surface area contributed by atoms with Crippen molar-refractivity contribution in [2.24, 2.45) is 0 Å². The van der Waals surface area contributed by atoms with Crippen LogP contribution in [0.2, 0.25) is 0 Å². The lowest BCUT2D eigenvalue weighted by Gasteiger charge is -2.09. The molecule has 156 valence electrons. The first-order valence-corrected chi connectivity index (χ1v) is 9.93. The summed E-state index contributed by atoms with van der Waals surface area (Å²) in [5, 5.41) is 3.85. The van der Waals surface area contributed by atoms with Crippen LogP contribution in [0.1, 0.15) is 16.3 Å². The molecule has 0 bridgehead atoms. The molecule has 0 spiro atoms. The summed E-state index contributed by atoms with van der Waals surface area (Å²) < 4.78 is 7.66. The van der Waals surface area contributed by atoms with E-state index in [1.165, 1.54) is 0 Å². The number of aromatic nitrogens is 5. The Morgan fingerprint density at radius 2 is 1.81 bits per heavy atom. The van der Waals surface area contributed by atoms with Crippen molar-refractivity contribution in [1.29, 1.82) is 0 Å². The maximum Gasteiger partial charge on any atom is 0.274 e. The molecular formula is C24H18N6O2. The minimum absolute atomic E-state index is 0.277. The summed E-state index contributed by atoms with van der Waals surface area (Å²) >= 11 is 0. The molecule has 5 rings (SSSR count). The second kappa shape index (κ2) is 8.27. The number of ether oxygens (including phenoxy) is 1. The highest BCUT2D eigenvalue weighted by molar-refractivity contribution is 6.04. The predicted molar refractivity (Wildman–Crippen MR) is 120 cm³/mol. The maximum absolute atomic E-state index is 12.6. The molecule has 32 heavy (non-hydrogen) atoms. The fourth-order valence-corrected chi connectivity index (χ4v) is 3.22. The zero-order valence-electron chi connectivity index (χ0n) is 17.1. The van der Waals surface area contributed by atoms with Crippen molar-refractivity contribution in [3.05, 3.63) is 97.0 Å². The first kappa shape index (κ1) is 19.4. The van der Waals surface area contributed by atoms with E-state index >= 15 is 0 Å². The molecule has 0 saturated carbocycles. The molecule has 8 nitrogen and oxygen atoms in total. The Balaban J connectivity index is 1.29. The lowest BCUT2D eigenvalue weighted by Crippen LogP contribution is -2.13. The lowest BCUT2D eigenvalue weighted by atomic mass is 10.2. The molecule has 5 aromatic rings. The Labute approximate surface area is 183 Å². The summed E-state index contributed by atoms with van der Waals surface area (Å²) in [6.45, 7) is 1.80. The molecule has 0 radical (unpaired) electrons. The maximum atomic E-state index is 12.6. The summed E-state index contributed by atoms with van der Waals surface area (Å²) in [5.74, 6) is 1.97. The van der Waals surface area contributed by atoms with Gasteiger partial charge in [-0.1, -0.05) is 24.3 Å². The van der Waals surface area contributed by atoms with Gasteiger partial charge in [0, 0.05) is 29.5 Å². The number of amides is 1. The lowest BCUT2D eigenvalue weighted by molar-refractivity contribution is 0.102. The molecule has 0 unspecified atom stereocenters. The molecule has 1 N–H and O–H groups in total. The molecule has 0 saturated heterocycles. The Morgan fingerprint density at radius 3 is 2.62 bits per heavy atom. The number of anilines is 1.